The second kappa shape index (κ2) is 9.81. The first kappa shape index (κ1) is 23.8. The third kappa shape index (κ3) is 4.52. The summed E-state index contributed by atoms with van der Waals surface area (Å²) in [6.45, 7) is 8.74. The summed E-state index contributed by atoms with van der Waals surface area (Å²) in [4.78, 5) is 19.2. The van der Waals surface area contributed by atoms with Crippen molar-refractivity contribution in [2.45, 2.75) is 35.0 Å². The van der Waals surface area contributed by atoms with E-state index in [1.807, 2.05) is 24.0 Å². The van der Waals surface area contributed by atoms with Crippen LogP contribution in [-0.4, -0.2) is 96.3 Å². The van der Waals surface area contributed by atoms with Crippen molar-refractivity contribution in [1.29, 1.82) is 0 Å². The number of ether oxygens (including phenoxy) is 2. The van der Waals surface area contributed by atoms with Gasteiger partial charge < -0.3 is 24.7 Å². The van der Waals surface area contributed by atoms with Gasteiger partial charge in [0.05, 0.1) is 41.6 Å². The first-order valence-electron chi connectivity index (χ1n) is 13.4. The van der Waals surface area contributed by atoms with E-state index >= 15 is 4.39 Å². The fraction of sp³-hybridized carbons (Fsp3) is 0.556. The zero-order valence-corrected chi connectivity index (χ0v) is 21.8. The SMILES string of the molecule is Fc1ccc2[nH]ccc2c1-c1nc2c(c(N3CCOCC3)n1)SC(CN1CCOC3(CCNCC3)C1)C2. The molecule has 2 N–H and O–H groups in total. The van der Waals surface area contributed by atoms with Gasteiger partial charge in [0.15, 0.2) is 5.82 Å². The molecule has 1 atom stereocenters. The van der Waals surface area contributed by atoms with Gasteiger partial charge in [-0.15, -0.1) is 11.8 Å². The van der Waals surface area contributed by atoms with Crippen LogP contribution in [0.5, 0.6) is 0 Å². The van der Waals surface area contributed by atoms with E-state index in [0.29, 0.717) is 29.9 Å². The monoisotopic (exact) mass is 524 g/mol. The van der Waals surface area contributed by atoms with Crippen molar-refractivity contribution in [2.75, 3.05) is 70.5 Å². The van der Waals surface area contributed by atoms with Gasteiger partial charge >= 0.3 is 0 Å². The molecule has 4 aliphatic rings. The molecular formula is C27H33FN6O2S. The number of fused-ring (bicyclic) bond motifs is 2. The van der Waals surface area contributed by atoms with Crippen molar-refractivity contribution in [3.05, 3.63) is 35.9 Å². The van der Waals surface area contributed by atoms with Gasteiger partial charge in [0.1, 0.15) is 11.6 Å². The molecule has 10 heteroatoms. The van der Waals surface area contributed by atoms with Crippen LogP contribution in [0.3, 0.4) is 0 Å². The van der Waals surface area contributed by atoms with E-state index in [0.717, 1.165) is 99.0 Å². The number of benzene rings is 1. The third-order valence-corrected chi connectivity index (χ3v) is 9.45. The van der Waals surface area contributed by atoms with Gasteiger partial charge in [-0.05, 0) is 44.1 Å². The molecule has 4 aliphatic heterocycles. The highest BCUT2D eigenvalue weighted by molar-refractivity contribution is 8.00. The van der Waals surface area contributed by atoms with E-state index in [-0.39, 0.29) is 11.4 Å². The summed E-state index contributed by atoms with van der Waals surface area (Å²) in [5, 5.41) is 4.67. The van der Waals surface area contributed by atoms with Gasteiger partial charge in [-0.25, -0.2) is 14.4 Å². The number of H-pyrrole nitrogens is 1. The number of nitrogens with one attached hydrogen (secondary N) is 2. The summed E-state index contributed by atoms with van der Waals surface area (Å²) in [6, 6.07) is 5.19. The Kier molecular flexibility index (Phi) is 6.33. The standard InChI is InChI=1S/C27H33FN6O2S/c28-20-1-2-21-19(3-6-30-21)23(20)25-31-22-15-18(37-24(22)26(32-25)34-10-12-35-13-11-34)16-33-9-14-36-27(17-33)4-7-29-8-5-27/h1-3,6,18,29-30H,4-5,7-17H2. The van der Waals surface area contributed by atoms with E-state index in [2.05, 4.69) is 20.1 Å². The Morgan fingerprint density at radius 3 is 2.81 bits per heavy atom. The van der Waals surface area contributed by atoms with Gasteiger partial charge in [0.2, 0.25) is 0 Å². The molecule has 37 heavy (non-hydrogen) atoms. The summed E-state index contributed by atoms with van der Waals surface area (Å²) in [5.74, 6) is 1.12. The Morgan fingerprint density at radius 1 is 1.08 bits per heavy atom. The van der Waals surface area contributed by atoms with Gasteiger partial charge in [0, 0.05) is 61.5 Å². The van der Waals surface area contributed by atoms with Crippen LogP contribution >= 0.6 is 11.8 Å². The number of aromatic amines is 1. The Labute approximate surface area is 220 Å². The number of nitrogens with zero attached hydrogens (tertiary/aromatic N) is 4. The Morgan fingerprint density at radius 2 is 1.95 bits per heavy atom. The quantitative estimate of drug-likeness (QED) is 0.539. The van der Waals surface area contributed by atoms with Crippen LogP contribution in [0, 0.1) is 5.82 Å². The van der Waals surface area contributed by atoms with Crippen LogP contribution in [-0.2, 0) is 15.9 Å². The van der Waals surface area contributed by atoms with Crippen LogP contribution in [0.4, 0.5) is 10.2 Å². The smallest absolute Gasteiger partial charge is 0.165 e. The topological polar surface area (TPSA) is 78.5 Å². The van der Waals surface area contributed by atoms with Crippen molar-refractivity contribution in [3.8, 4) is 11.4 Å². The molecule has 1 spiro atoms. The number of hydrogen-bond acceptors (Lipinski definition) is 8. The summed E-state index contributed by atoms with van der Waals surface area (Å²) in [5.41, 5.74) is 2.40. The third-order valence-electron chi connectivity index (χ3n) is 8.15. The molecular weight excluding hydrogens is 491 g/mol. The molecule has 7 rings (SSSR count). The van der Waals surface area contributed by atoms with Crippen LogP contribution in [0.15, 0.2) is 29.3 Å². The molecule has 3 fully saturated rings. The Balaban J connectivity index is 1.20. The van der Waals surface area contributed by atoms with Gasteiger partial charge in [0.25, 0.3) is 0 Å². The maximum absolute atomic E-state index is 15.2. The highest BCUT2D eigenvalue weighted by Gasteiger charge is 2.39. The summed E-state index contributed by atoms with van der Waals surface area (Å²) >= 11 is 1.90. The maximum atomic E-state index is 15.2. The molecule has 8 nitrogen and oxygen atoms in total. The molecule has 0 bridgehead atoms. The van der Waals surface area contributed by atoms with Crippen LogP contribution in [0.2, 0.25) is 0 Å². The fourth-order valence-corrected chi connectivity index (χ4v) is 7.66. The summed E-state index contributed by atoms with van der Waals surface area (Å²) in [7, 11) is 0. The molecule has 0 saturated carbocycles. The molecule has 2 aromatic heterocycles. The lowest BCUT2D eigenvalue weighted by Gasteiger charge is -2.45. The van der Waals surface area contributed by atoms with Crippen LogP contribution in [0.1, 0.15) is 18.5 Å². The minimum absolute atomic E-state index is 0.00166. The number of hydrogen-bond donors (Lipinski definition) is 2. The Hall–Kier alpha value is -2.24. The van der Waals surface area contributed by atoms with Crippen molar-refractivity contribution < 1.29 is 13.9 Å². The largest absolute Gasteiger partial charge is 0.378 e. The number of anilines is 1. The minimum Gasteiger partial charge on any atom is -0.378 e. The van der Waals surface area contributed by atoms with Crippen molar-refractivity contribution in [2.24, 2.45) is 0 Å². The van der Waals surface area contributed by atoms with E-state index < -0.39 is 0 Å². The molecule has 6 heterocycles. The number of halogens is 1. The molecule has 3 aromatic rings. The Bertz CT molecular complexity index is 1280. The van der Waals surface area contributed by atoms with Crippen LogP contribution < -0.4 is 10.2 Å². The lowest BCUT2D eigenvalue weighted by atomic mass is 9.90. The first-order valence-corrected chi connectivity index (χ1v) is 14.3. The minimum atomic E-state index is -0.289. The van der Waals surface area contributed by atoms with Crippen LogP contribution in [0.25, 0.3) is 22.3 Å². The van der Waals surface area contributed by atoms with Crippen molar-refractivity contribution in [1.82, 2.24) is 25.2 Å². The van der Waals surface area contributed by atoms with Crippen molar-refractivity contribution in [3.63, 3.8) is 0 Å². The number of rotatable bonds is 4. The zero-order chi connectivity index (χ0) is 24.8. The highest BCUT2D eigenvalue weighted by atomic mass is 32.2. The van der Waals surface area contributed by atoms with Crippen molar-refractivity contribution >= 4 is 28.5 Å². The van der Waals surface area contributed by atoms with E-state index in [4.69, 9.17) is 19.4 Å². The van der Waals surface area contributed by atoms with Gasteiger partial charge in [-0.3, -0.25) is 4.90 Å². The van der Waals surface area contributed by atoms with Gasteiger partial charge in [-0.1, -0.05) is 0 Å². The number of morpholine rings is 2. The average molecular weight is 525 g/mol. The molecule has 3 saturated heterocycles. The number of thioether (sulfide) groups is 1. The lowest BCUT2D eigenvalue weighted by Crippen LogP contribution is -2.57. The predicted octanol–water partition coefficient (Wildman–Crippen LogP) is 3.07. The lowest BCUT2D eigenvalue weighted by molar-refractivity contribution is -0.123. The second-order valence-corrected chi connectivity index (χ2v) is 11.9. The summed E-state index contributed by atoms with van der Waals surface area (Å²) in [6.07, 6.45) is 4.86. The summed E-state index contributed by atoms with van der Waals surface area (Å²) < 4.78 is 27.1. The highest BCUT2D eigenvalue weighted by Crippen LogP contribution is 2.44. The zero-order valence-electron chi connectivity index (χ0n) is 21.0. The molecule has 0 radical (unpaired) electrons. The average Bonchev–Trinajstić information content (AvgIpc) is 3.56. The predicted molar refractivity (Wildman–Crippen MR) is 143 cm³/mol. The normalized spacial score (nSPS) is 24.1. The fourth-order valence-electron chi connectivity index (χ4n) is 6.26. The van der Waals surface area contributed by atoms with E-state index in [1.165, 1.54) is 6.07 Å². The molecule has 1 aromatic carbocycles. The molecule has 0 aliphatic carbocycles. The first-order chi connectivity index (χ1) is 18.2. The molecule has 196 valence electrons. The van der Waals surface area contributed by atoms with Gasteiger partial charge in [-0.2, -0.15) is 0 Å². The van der Waals surface area contributed by atoms with E-state index in [1.54, 1.807) is 6.07 Å². The number of piperidine rings is 1. The number of aromatic nitrogens is 3. The second-order valence-electron chi connectivity index (χ2n) is 10.6. The maximum Gasteiger partial charge on any atom is 0.165 e. The molecule has 0 amide bonds. The molecule has 1 unspecified atom stereocenters. The van der Waals surface area contributed by atoms with E-state index in [9.17, 15) is 0 Å².